The van der Waals surface area contributed by atoms with E-state index in [0.717, 1.165) is 32.1 Å². The second-order valence-electron chi connectivity index (χ2n) is 7.93. The van der Waals surface area contributed by atoms with Crippen LogP contribution in [0.4, 0.5) is 0 Å². The van der Waals surface area contributed by atoms with E-state index in [-0.39, 0.29) is 12.0 Å². The van der Waals surface area contributed by atoms with E-state index in [2.05, 4.69) is 50.3 Å². The topological polar surface area (TPSA) is 26.3 Å². The molecule has 0 heterocycles. The first-order valence-corrected chi connectivity index (χ1v) is 11.1. The zero-order valence-corrected chi connectivity index (χ0v) is 17.4. The van der Waals surface area contributed by atoms with Crippen LogP contribution < -0.4 is 0 Å². The molecule has 1 fully saturated rings. The van der Waals surface area contributed by atoms with Crippen molar-refractivity contribution in [1.29, 1.82) is 0 Å². The third kappa shape index (κ3) is 7.62. The normalized spacial score (nSPS) is 21.2. The highest BCUT2D eigenvalue weighted by atomic mass is 16.5. The zero-order chi connectivity index (χ0) is 19.3. The third-order valence-electron chi connectivity index (χ3n) is 5.82. The number of unbranched alkanes of at least 4 members (excludes halogenated alkanes) is 4. The Labute approximate surface area is 166 Å². The maximum absolute atomic E-state index is 12.5. The van der Waals surface area contributed by atoms with Crippen molar-refractivity contribution in [3.05, 3.63) is 48.0 Å². The molecule has 2 rings (SSSR count). The summed E-state index contributed by atoms with van der Waals surface area (Å²) in [6, 6.07) is 10.4. The Bertz CT molecular complexity index is 549. The van der Waals surface area contributed by atoms with E-state index in [1.807, 2.05) is 6.07 Å². The third-order valence-corrected chi connectivity index (χ3v) is 5.82. The summed E-state index contributed by atoms with van der Waals surface area (Å²) in [5.41, 5.74) is 1.22. The first-order chi connectivity index (χ1) is 13.3. The predicted octanol–water partition coefficient (Wildman–Crippen LogP) is 6.88. The number of hydrogen-bond donors (Lipinski definition) is 0. The maximum Gasteiger partial charge on any atom is 0.136 e. The number of allylic oxidation sites excluding steroid dienone is 2. The van der Waals surface area contributed by atoms with Gasteiger partial charge in [-0.1, -0.05) is 88.4 Å². The lowest BCUT2D eigenvalue weighted by Crippen LogP contribution is -2.29. The smallest absolute Gasteiger partial charge is 0.136 e. The zero-order valence-electron chi connectivity index (χ0n) is 17.4. The van der Waals surface area contributed by atoms with Gasteiger partial charge >= 0.3 is 0 Å². The molecule has 1 aliphatic rings. The van der Waals surface area contributed by atoms with Crippen molar-refractivity contribution in [3.63, 3.8) is 0 Å². The van der Waals surface area contributed by atoms with Crippen LogP contribution in [0.5, 0.6) is 0 Å². The summed E-state index contributed by atoms with van der Waals surface area (Å²) in [5, 5.41) is 0. The van der Waals surface area contributed by atoms with Gasteiger partial charge in [-0.05, 0) is 37.2 Å². The van der Waals surface area contributed by atoms with Crippen LogP contribution in [0.1, 0.15) is 83.6 Å². The van der Waals surface area contributed by atoms with Crippen molar-refractivity contribution in [2.75, 3.05) is 0 Å². The first-order valence-electron chi connectivity index (χ1n) is 11.1. The Morgan fingerprint density at radius 2 is 1.85 bits per heavy atom. The van der Waals surface area contributed by atoms with Gasteiger partial charge in [0.25, 0.3) is 0 Å². The number of ketones is 1. The molecule has 0 aliphatic heterocycles. The summed E-state index contributed by atoms with van der Waals surface area (Å²) < 4.78 is 6.43. The van der Waals surface area contributed by atoms with Crippen molar-refractivity contribution in [3.8, 4) is 0 Å². The van der Waals surface area contributed by atoms with Crippen molar-refractivity contribution in [2.24, 2.45) is 11.8 Å². The van der Waals surface area contributed by atoms with Gasteiger partial charge in [0.15, 0.2) is 0 Å². The molecule has 150 valence electrons. The molecule has 2 nitrogen and oxygen atoms in total. The van der Waals surface area contributed by atoms with Crippen LogP contribution in [-0.2, 0) is 16.1 Å². The van der Waals surface area contributed by atoms with Crippen LogP contribution in [0.3, 0.4) is 0 Å². The molecule has 1 saturated carbocycles. The fraction of sp³-hybridized carbons (Fsp3) is 0.640. The van der Waals surface area contributed by atoms with Gasteiger partial charge in [-0.25, -0.2) is 0 Å². The summed E-state index contributed by atoms with van der Waals surface area (Å²) in [6.07, 6.45) is 15.7. The van der Waals surface area contributed by atoms with Crippen LogP contribution in [0.2, 0.25) is 0 Å². The molecule has 27 heavy (non-hydrogen) atoms. The van der Waals surface area contributed by atoms with E-state index in [0.29, 0.717) is 18.3 Å². The Morgan fingerprint density at radius 1 is 1.07 bits per heavy atom. The van der Waals surface area contributed by atoms with Crippen molar-refractivity contribution in [1.82, 2.24) is 0 Å². The molecule has 0 spiro atoms. The number of carbonyl (C=O) groups excluding carboxylic acids is 1. The molecule has 3 atom stereocenters. The average molecular weight is 371 g/mol. The predicted molar refractivity (Wildman–Crippen MR) is 114 cm³/mol. The first kappa shape index (κ1) is 21.9. The van der Waals surface area contributed by atoms with E-state index in [9.17, 15) is 4.79 Å². The van der Waals surface area contributed by atoms with E-state index in [1.54, 1.807) is 0 Å². The fourth-order valence-corrected chi connectivity index (χ4v) is 4.24. The van der Waals surface area contributed by atoms with E-state index in [1.165, 1.54) is 37.7 Å². The maximum atomic E-state index is 12.5. The van der Waals surface area contributed by atoms with Crippen LogP contribution in [0.25, 0.3) is 0 Å². The molecule has 0 aromatic heterocycles. The molecule has 1 aromatic carbocycles. The lowest BCUT2D eigenvalue weighted by Gasteiger charge is -2.28. The Morgan fingerprint density at radius 3 is 2.59 bits per heavy atom. The van der Waals surface area contributed by atoms with Crippen LogP contribution in [-0.4, -0.2) is 11.9 Å². The number of ether oxygens (including phenoxy) is 1. The van der Waals surface area contributed by atoms with Gasteiger partial charge in [0.2, 0.25) is 0 Å². The van der Waals surface area contributed by atoms with Crippen molar-refractivity contribution >= 4 is 5.78 Å². The standard InChI is InChI=1S/C25H38O2/c1-3-5-7-8-13-17-25(27-20-21-14-11-9-12-15-21)23-18-19-24(26)22(23)16-10-6-4-2/h6,9-12,14-15,22-23,25H,3-5,7-8,13,16-20H2,1-2H3/b10-6-. The molecule has 3 unspecified atom stereocenters. The molecule has 2 heteroatoms. The number of rotatable bonds is 13. The van der Waals surface area contributed by atoms with E-state index >= 15 is 0 Å². The number of Topliss-reactive ketones (excluding diaryl/α,β-unsaturated/α-hetero) is 1. The van der Waals surface area contributed by atoms with Crippen LogP contribution >= 0.6 is 0 Å². The second-order valence-corrected chi connectivity index (χ2v) is 7.93. The van der Waals surface area contributed by atoms with Gasteiger partial charge in [0, 0.05) is 12.3 Å². The summed E-state index contributed by atoms with van der Waals surface area (Å²) in [6.45, 7) is 5.06. The van der Waals surface area contributed by atoms with Gasteiger partial charge in [-0.2, -0.15) is 0 Å². The molecule has 1 aromatic rings. The van der Waals surface area contributed by atoms with Gasteiger partial charge < -0.3 is 4.74 Å². The fourth-order valence-electron chi connectivity index (χ4n) is 4.24. The highest BCUT2D eigenvalue weighted by Crippen LogP contribution is 2.37. The minimum absolute atomic E-state index is 0.157. The molecule has 0 saturated heterocycles. The molecule has 0 bridgehead atoms. The number of carbonyl (C=O) groups is 1. The molecule has 0 radical (unpaired) electrons. The molecular weight excluding hydrogens is 332 g/mol. The van der Waals surface area contributed by atoms with E-state index < -0.39 is 0 Å². The number of benzene rings is 1. The molecule has 1 aliphatic carbocycles. The van der Waals surface area contributed by atoms with Gasteiger partial charge in [-0.15, -0.1) is 0 Å². The Kier molecular flexibility index (Phi) is 10.4. The minimum Gasteiger partial charge on any atom is -0.373 e. The summed E-state index contributed by atoms with van der Waals surface area (Å²) >= 11 is 0. The summed E-state index contributed by atoms with van der Waals surface area (Å²) in [4.78, 5) is 12.5. The summed E-state index contributed by atoms with van der Waals surface area (Å²) in [5.74, 6) is 0.984. The van der Waals surface area contributed by atoms with Crippen LogP contribution in [0, 0.1) is 11.8 Å². The van der Waals surface area contributed by atoms with Crippen LogP contribution in [0.15, 0.2) is 42.5 Å². The highest BCUT2D eigenvalue weighted by molar-refractivity contribution is 5.83. The van der Waals surface area contributed by atoms with Gasteiger partial charge in [0.05, 0.1) is 12.7 Å². The Hall–Kier alpha value is -1.41. The average Bonchev–Trinajstić information content (AvgIpc) is 3.05. The quantitative estimate of drug-likeness (QED) is 0.279. The minimum atomic E-state index is 0.157. The second kappa shape index (κ2) is 12.9. The molecular formula is C25H38O2. The molecule has 0 N–H and O–H groups in total. The summed E-state index contributed by atoms with van der Waals surface area (Å²) in [7, 11) is 0. The van der Waals surface area contributed by atoms with E-state index in [4.69, 9.17) is 4.74 Å². The molecule has 0 amide bonds. The SMILES string of the molecule is CC/C=C\CC1C(=O)CCC1C(CCCCCCC)OCc1ccccc1. The highest BCUT2D eigenvalue weighted by Gasteiger charge is 2.38. The van der Waals surface area contributed by atoms with Gasteiger partial charge in [0.1, 0.15) is 5.78 Å². The Balaban J connectivity index is 1.97. The largest absolute Gasteiger partial charge is 0.373 e. The lowest BCUT2D eigenvalue weighted by molar-refractivity contribution is -0.122. The van der Waals surface area contributed by atoms with Gasteiger partial charge in [-0.3, -0.25) is 4.79 Å². The van der Waals surface area contributed by atoms with Crippen molar-refractivity contribution < 1.29 is 9.53 Å². The monoisotopic (exact) mass is 370 g/mol. The number of hydrogen-bond acceptors (Lipinski definition) is 2. The van der Waals surface area contributed by atoms with Crippen molar-refractivity contribution in [2.45, 2.75) is 90.8 Å². The lowest BCUT2D eigenvalue weighted by atomic mass is 9.85.